The molecule has 0 saturated carbocycles. The van der Waals surface area contributed by atoms with Crippen LogP contribution in [-0.2, 0) is 15.9 Å². The molecule has 1 saturated heterocycles. The number of hydrogen-bond donors (Lipinski definition) is 3. The lowest BCUT2D eigenvalue weighted by Crippen LogP contribution is -2.34. The van der Waals surface area contributed by atoms with Gasteiger partial charge in [-0.05, 0) is 39.9 Å². The quantitative estimate of drug-likeness (QED) is 0.469. The third-order valence-corrected chi connectivity index (χ3v) is 4.75. The summed E-state index contributed by atoms with van der Waals surface area (Å²) in [7, 11) is 4.07. The predicted octanol–water partition coefficient (Wildman–Crippen LogP) is -0.0552. The monoisotopic (exact) mass is 398 g/mol. The van der Waals surface area contributed by atoms with Crippen molar-refractivity contribution in [1.82, 2.24) is 14.5 Å². The van der Waals surface area contributed by atoms with Crippen molar-refractivity contribution in [2.24, 2.45) is 5.73 Å². The van der Waals surface area contributed by atoms with Crippen LogP contribution in [0.25, 0.3) is 0 Å². The van der Waals surface area contributed by atoms with E-state index < -0.39 is 35.8 Å². The molecular formula is C18H30N4O6. The molecule has 28 heavy (non-hydrogen) atoms. The third-order valence-electron chi connectivity index (χ3n) is 4.75. The smallest absolute Gasteiger partial charge is 0.404 e. The Morgan fingerprint density at radius 3 is 2.75 bits per heavy atom. The maximum atomic E-state index is 12.2. The maximum absolute atomic E-state index is 12.2. The van der Waals surface area contributed by atoms with Crippen LogP contribution >= 0.6 is 0 Å². The normalized spacial score (nSPS) is 21.9. The summed E-state index contributed by atoms with van der Waals surface area (Å²) >= 11 is 0. The number of aryl methyl sites for hydroxylation is 1. The van der Waals surface area contributed by atoms with Crippen molar-refractivity contribution in [3.63, 3.8) is 0 Å². The van der Waals surface area contributed by atoms with Gasteiger partial charge in [-0.25, -0.2) is 9.59 Å². The van der Waals surface area contributed by atoms with Gasteiger partial charge in [-0.1, -0.05) is 12.8 Å². The van der Waals surface area contributed by atoms with E-state index in [9.17, 15) is 19.5 Å². The van der Waals surface area contributed by atoms with E-state index in [1.807, 2.05) is 14.1 Å². The van der Waals surface area contributed by atoms with E-state index in [1.165, 1.54) is 10.8 Å². The predicted molar refractivity (Wildman–Crippen MR) is 102 cm³/mol. The fourth-order valence-corrected chi connectivity index (χ4v) is 3.22. The van der Waals surface area contributed by atoms with Crippen LogP contribution < -0.4 is 17.0 Å². The number of carbonyl (C=O) groups is 1. The number of hydrogen-bond acceptors (Lipinski definition) is 7. The minimum absolute atomic E-state index is 0.142. The van der Waals surface area contributed by atoms with Crippen LogP contribution in [0.3, 0.4) is 0 Å². The maximum Gasteiger partial charge on any atom is 0.404 e. The average molecular weight is 398 g/mol. The number of aliphatic hydroxyl groups is 1. The molecule has 10 heteroatoms. The number of nitrogens with two attached hydrogens (primary N) is 1. The van der Waals surface area contributed by atoms with Crippen LogP contribution in [0.15, 0.2) is 15.8 Å². The molecule has 158 valence electrons. The molecule has 1 aromatic rings. The summed E-state index contributed by atoms with van der Waals surface area (Å²) in [5.41, 5.74) is 4.42. The summed E-state index contributed by atoms with van der Waals surface area (Å²) in [5, 5.41) is 10.1. The molecule has 0 aliphatic carbocycles. The molecule has 0 aromatic carbocycles. The molecule has 10 nitrogen and oxygen atoms in total. The standard InChI is InChI=1S/C18H30N4O6/c1-21(2)8-6-4-3-5-7-12-10-22(18(26)20-16(12)24)15-9-13(23)14(28-15)11-27-17(19)25/h10,13-15,23H,3-9,11H2,1-2H3,(H2,19,25)(H,20,24,26)/t13-,14+,15+/m0/s1. The Hall–Kier alpha value is -2.17. The minimum Gasteiger partial charge on any atom is -0.447 e. The molecule has 0 bridgehead atoms. The van der Waals surface area contributed by atoms with Gasteiger partial charge in [0.1, 0.15) is 18.9 Å². The number of ether oxygens (including phenoxy) is 2. The van der Waals surface area contributed by atoms with Gasteiger partial charge in [0.2, 0.25) is 0 Å². The third kappa shape index (κ3) is 6.47. The van der Waals surface area contributed by atoms with E-state index in [1.54, 1.807) is 0 Å². The van der Waals surface area contributed by atoms with Crippen LogP contribution in [-0.4, -0.2) is 65.1 Å². The summed E-state index contributed by atoms with van der Waals surface area (Å²) in [4.78, 5) is 39.4. The van der Waals surface area contributed by atoms with Crippen LogP contribution in [0.2, 0.25) is 0 Å². The van der Waals surface area contributed by atoms with Gasteiger partial charge < -0.3 is 25.2 Å². The Morgan fingerprint density at radius 1 is 1.36 bits per heavy atom. The number of nitrogens with one attached hydrogen (secondary N) is 1. The van der Waals surface area contributed by atoms with Gasteiger partial charge in [0, 0.05) is 18.2 Å². The summed E-state index contributed by atoms with van der Waals surface area (Å²) in [5.74, 6) is 0. The molecule has 0 radical (unpaired) electrons. The zero-order chi connectivity index (χ0) is 20.7. The van der Waals surface area contributed by atoms with Crippen LogP contribution in [0.4, 0.5) is 4.79 Å². The van der Waals surface area contributed by atoms with Crippen molar-refractivity contribution in [2.75, 3.05) is 27.2 Å². The van der Waals surface area contributed by atoms with Gasteiger partial charge in [-0.3, -0.25) is 14.3 Å². The van der Waals surface area contributed by atoms with E-state index in [0.29, 0.717) is 12.0 Å². The summed E-state index contributed by atoms with van der Waals surface area (Å²) < 4.78 is 11.6. The molecule has 1 amide bonds. The van der Waals surface area contributed by atoms with Gasteiger partial charge in [0.15, 0.2) is 0 Å². The number of carbonyl (C=O) groups excluding carboxylic acids is 1. The highest BCUT2D eigenvalue weighted by Gasteiger charge is 2.36. The molecule has 1 fully saturated rings. The molecule has 1 aliphatic heterocycles. The summed E-state index contributed by atoms with van der Waals surface area (Å²) in [6.07, 6.45) is 2.81. The first-order chi connectivity index (χ1) is 13.3. The van der Waals surface area contributed by atoms with Crippen molar-refractivity contribution >= 4 is 6.09 Å². The summed E-state index contributed by atoms with van der Waals surface area (Å²) in [6.45, 7) is 0.832. The Bertz CT molecular complexity index is 759. The number of aliphatic hydroxyl groups excluding tert-OH is 1. The molecule has 0 spiro atoms. The zero-order valence-electron chi connectivity index (χ0n) is 16.4. The highest BCUT2D eigenvalue weighted by Crippen LogP contribution is 2.27. The Kier molecular flexibility index (Phi) is 8.21. The van der Waals surface area contributed by atoms with Crippen LogP contribution in [0, 0.1) is 0 Å². The van der Waals surface area contributed by atoms with Gasteiger partial charge in [0.25, 0.3) is 5.56 Å². The molecule has 1 aromatic heterocycles. The van der Waals surface area contributed by atoms with Crippen LogP contribution in [0.5, 0.6) is 0 Å². The molecular weight excluding hydrogens is 368 g/mol. The SMILES string of the molecule is CN(C)CCCCCCc1cn([C@H]2C[C@H](O)[C@@H](COC(N)=O)O2)c(=O)[nH]c1=O. The second kappa shape index (κ2) is 10.4. The molecule has 1 aliphatic rings. The van der Waals surface area contributed by atoms with E-state index in [0.717, 1.165) is 32.2 Å². The molecule has 2 heterocycles. The highest BCUT2D eigenvalue weighted by atomic mass is 16.6. The molecule has 2 rings (SSSR count). The molecule has 3 atom stereocenters. The van der Waals surface area contributed by atoms with E-state index in [4.69, 9.17) is 10.5 Å². The zero-order valence-corrected chi connectivity index (χ0v) is 16.4. The molecule has 4 N–H and O–H groups in total. The van der Waals surface area contributed by atoms with Crippen molar-refractivity contribution in [1.29, 1.82) is 0 Å². The van der Waals surface area contributed by atoms with Gasteiger partial charge in [-0.15, -0.1) is 0 Å². The highest BCUT2D eigenvalue weighted by molar-refractivity contribution is 5.64. The lowest BCUT2D eigenvalue weighted by atomic mass is 10.1. The largest absolute Gasteiger partial charge is 0.447 e. The van der Waals surface area contributed by atoms with Crippen molar-refractivity contribution in [3.8, 4) is 0 Å². The number of unbranched alkanes of at least 4 members (excludes halogenated alkanes) is 3. The second-order valence-electron chi connectivity index (χ2n) is 7.35. The fraction of sp³-hybridized carbons (Fsp3) is 0.722. The first-order valence-corrected chi connectivity index (χ1v) is 9.52. The van der Waals surface area contributed by atoms with E-state index >= 15 is 0 Å². The first-order valence-electron chi connectivity index (χ1n) is 9.52. The summed E-state index contributed by atoms with van der Waals surface area (Å²) in [6, 6.07) is 0. The number of aromatic amines is 1. The van der Waals surface area contributed by atoms with Gasteiger partial charge in [-0.2, -0.15) is 0 Å². The molecule has 0 unspecified atom stereocenters. The second-order valence-corrected chi connectivity index (χ2v) is 7.35. The van der Waals surface area contributed by atoms with E-state index in [2.05, 4.69) is 14.6 Å². The average Bonchev–Trinajstić information content (AvgIpc) is 2.98. The van der Waals surface area contributed by atoms with Crippen molar-refractivity contribution in [3.05, 3.63) is 32.6 Å². The Morgan fingerprint density at radius 2 is 2.07 bits per heavy atom. The van der Waals surface area contributed by atoms with Crippen molar-refractivity contribution in [2.45, 2.75) is 57.0 Å². The Labute approximate surface area is 163 Å². The van der Waals surface area contributed by atoms with Crippen LogP contribution in [0.1, 0.15) is 43.9 Å². The minimum atomic E-state index is -0.965. The number of primary amides is 1. The lowest BCUT2D eigenvalue weighted by Gasteiger charge is -2.16. The number of amides is 1. The number of H-pyrrole nitrogens is 1. The lowest BCUT2D eigenvalue weighted by molar-refractivity contribution is -0.0481. The van der Waals surface area contributed by atoms with Crippen molar-refractivity contribution < 1.29 is 19.4 Å². The fourth-order valence-electron chi connectivity index (χ4n) is 3.22. The Balaban J connectivity index is 1.96. The number of nitrogens with zero attached hydrogens (tertiary/aromatic N) is 2. The van der Waals surface area contributed by atoms with Gasteiger partial charge in [0.05, 0.1) is 6.10 Å². The first kappa shape index (κ1) is 22.1. The number of aromatic nitrogens is 2. The topological polar surface area (TPSA) is 140 Å². The number of rotatable bonds is 10. The van der Waals surface area contributed by atoms with Gasteiger partial charge >= 0.3 is 11.8 Å². The van der Waals surface area contributed by atoms with E-state index in [-0.39, 0.29) is 13.0 Å².